The fraction of sp³-hybridized carbons (Fsp3) is 0.182. The van der Waals surface area contributed by atoms with Gasteiger partial charge in [0.25, 0.3) is 9.84 Å². The quantitative estimate of drug-likeness (QED) is 0.799. The summed E-state index contributed by atoms with van der Waals surface area (Å²) in [4.78, 5) is 3.39. The number of rotatable bonds is 1. The Kier molecular flexibility index (Phi) is 3.13. The highest BCUT2D eigenvalue weighted by Gasteiger charge is 2.36. The van der Waals surface area contributed by atoms with Crippen LogP contribution in [0, 0.1) is 0 Å². The zero-order valence-electron chi connectivity index (χ0n) is 9.60. The topological polar surface area (TPSA) is 55.7 Å². The highest BCUT2D eigenvalue weighted by atomic mass is 32.2. The molecule has 8 heteroatoms. The first-order valence-electron chi connectivity index (χ1n) is 5.06. The lowest BCUT2D eigenvalue weighted by Gasteiger charge is -2.12. The summed E-state index contributed by atoms with van der Waals surface area (Å²) in [5, 5.41) is -0.748. The predicted octanol–water partition coefficient (Wildman–Crippen LogP) is 2.73. The second-order valence-electron chi connectivity index (χ2n) is 3.73. The summed E-state index contributed by atoms with van der Waals surface area (Å²) >= 11 is 0. The Morgan fingerprint density at radius 1 is 1.21 bits per heavy atom. The van der Waals surface area contributed by atoms with Gasteiger partial charge in [0.2, 0.25) is 0 Å². The van der Waals surface area contributed by atoms with Crippen LogP contribution in [0.2, 0.25) is 0 Å². The van der Waals surface area contributed by atoms with E-state index in [4.69, 9.17) is 4.74 Å². The normalized spacial score (nSPS) is 17.9. The maximum atomic E-state index is 12.7. The highest BCUT2D eigenvalue weighted by molar-refractivity contribution is 8.09. The standard InChI is InChI=1S/C11H8F3NO3S/c1-7-6-15-10(19(7,16)17)18-9-5-3-2-4-8(9)11(12,13)14/h2-6H,1H3. The van der Waals surface area contributed by atoms with Crippen molar-refractivity contribution in [2.24, 2.45) is 4.99 Å². The van der Waals surface area contributed by atoms with E-state index in [0.717, 1.165) is 18.3 Å². The van der Waals surface area contributed by atoms with Crippen molar-refractivity contribution in [3.8, 4) is 5.75 Å². The highest BCUT2D eigenvalue weighted by Crippen LogP contribution is 2.36. The lowest BCUT2D eigenvalue weighted by Crippen LogP contribution is -2.20. The summed E-state index contributed by atoms with van der Waals surface area (Å²) in [6.45, 7) is 1.28. The first-order valence-corrected chi connectivity index (χ1v) is 6.55. The van der Waals surface area contributed by atoms with Crippen molar-refractivity contribution in [2.45, 2.75) is 13.1 Å². The van der Waals surface area contributed by atoms with Gasteiger partial charge in [-0.05, 0) is 19.1 Å². The van der Waals surface area contributed by atoms with Gasteiger partial charge in [-0.25, -0.2) is 13.4 Å². The SMILES string of the molecule is CC1=CN=C(Oc2ccccc2C(F)(F)F)S1(=O)=O. The number of ether oxygens (including phenoxy) is 1. The summed E-state index contributed by atoms with van der Waals surface area (Å²) in [5.74, 6) is -0.597. The lowest BCUT2D eigenvalue weighted by molar-refractivity contribution is -0.138. The van der Waals surface area contributed by atoms with Crippen LogP contribution in [0.5, 0.6) is 5.75 Å². The van der Waals surface area contributed by atoms with Gasteiger partial charge in [0.05, 0.1) is 10.5 Å². The summed E-state index contributed by atoms with van der Waals surface area (Å²) in [6.07, 6.45) is -3.61. The second-order valence-corrected chi connectivity index (χ2v) is 5.73. The number of halogens is 3. The molecule has 0 saturated carbocycles. The Bertz CT molecular complexity index is 675. The third kappa shape index (κ3) is 2.48. The minimum absolute atomic E-state index is 0.0769. The molecule has 0 amide bonds. The number of allylic oxidation sites excluding steroid dienone is 1. The van der Waals surface area contributed by atoms with E-state index in [0.29, 0.717) is 0 Å². The number of hydrogen-bond donors (Lipinski definition) is 0. The fourth-order valence-electron chi connectivity index (χ4n) is 1.39. The Balaban J connectivity index is 2.38. The first kappa shape index (κ1) is 13.6. The van der Waals surface area contributed by atoms with Crippen molar-refractivity contribution >= 4 is 15.1 Å². The Labute approximate surface area is 107 Å². The van der Waals surface area contributed by atoms with Crippen LogP contribution in [0.15, 0.2) is 40.4 Å². The van der Waals surface area contributed by atoms with Crippen molar-refractivity contribution in [1.82, 2.24) is 0 Å². The van der Waals surface area contributed by atoms with Crippen LogP contribution in [0.4, 0.5) is 13.2 Å². The molecule has 1 aromatic carbocycles. The van der Waals surface area contributed by atoms with Gasteiger partial charge in [-0.3, -0.25) is 0 Å². The van der Waals surface area contributed by atoms with Gasteiger partial charge in [0.15, 0.2) is 0 Å². The predicted molar refractivity (Wildman–Crippen MR) is 62.2 cm³/mol. The number of hydrogen-bond acceptors (Lipinski definition) is 4. The molecule has 0 fully saturated rings. The Morgan fingerprint density at radius 3 is 2.37 bits per heavy atom. The van der Waals surface area contributed by atoms with Gasteiger partial charge in [-0.2, -0.15) is 13.2 Å². The molecule has 1 aromatic rings. The van der Waals surface area contributed by atoms with E-state index in [1.807, 2.05) is 0 Å². The van der Waals surface area contributed by atoms with E-state index in [1.54, 1.807) is 0 Å². The summed E-state index contributed by atoms with van der Waals surface area (Å²) in [5.41, 5.74) is -1.06. The molecule has 0 atom stereocenters. The maximum Gasteiger partial charge on any atom is 0.419 e. The van der Waals surface area contributed by atoms with E-state index in [9.17, 15) is 21.6 Å². The van der Waals surface area contributed by atoms with Crippen LogP contribution >= 0.6 is 0 Å². The van der Waals surface area contributed by atoms with Crippen LogP contribution in [0.1, 0.15) is 12.5 Å². The molecule has 1 aliphatic heterocycles. The second kappa shape index (κ2) is 4.37. The van der Waals surface area contributed by atoms with Crippen molar-refractivity contribution < 1.29 is 26.3 Å². The van der Waals surface area contributed by atoms with Gasteiger partial charge in [0, 0.05) is 6.20 Å². The summed E-state index contributed by atoms with van der Waals surface area (Å²) in [7, 11) is -3.90. The maximum absolute atomic E-state index is 12.7. The van der Waals surface area contributed by atoms with Crippen LogP contribution in [0.25, 0.3) is 0 Å². The molecule has 1 aliphatic rings. The summed E-state index contributed by atoms with van der Waals surface area (Å²) < 4.78 is 66.2. The molecule has 0 saturated heterocycles. The van der Waals surface area contributed by atoms with Crippen molar-refractivity contribution in [3.63, 3.8) is 0 Å². The minimum Gasteiger partial charge on any atom is -0.429 e. The van der Waals surface area contributed by atoms with Gasteiger partial charge in [0.1, 0.15) is 5.75 Å². The molecule has 0 aliphatic carbocycles. The molecule has 0 unspecified atom stereocenters. The van der Waals surface area contributed by atoms with E-state index in [2.05, 4.69) is 4.99 Å². The fourth-order valence-corrected chi connectivity index (χ4v) is 2.24. The number of aliphatic imine (C=N–C) groups is 1. The van der Waals surface area contributed by atoms with Crippen LogP contribution < -0.4 is 4.74 Å². The van der Waals surface area contributed by atoms with Gasteiger partial charge >= 0.3 is 11.4 Å². The average molecular weight is 291 g/mol. The molecule has 0 N–H and O–H groups in total. The van der Waals surface area contributed by atoms with Crippen LogP contribution in [-0.4, -0.2) is 13.6 Å². The van der Waals surface area contributed by atoms with Crippen LogP contribution in [0.3, 0.4) is 0 Å². The Hall–Kier alpha value is -1.83. The van der Waals surface area contributed by atoms with Crippen LogP contribution in [-0.2, 0) is 16.0 Å². The van der Waals surface area contributed by atoms with E-state index < -0.39 is 32.6 Å². The number of nitrogens with zero attached hydrogens (tertiary/aromatic N) is 1. The minimum atomic E-state index is -4.64. The largest absolute Gasteiger partial charge is 0.429 e. The van der Waals surface area contributed by atoms with Gasteiger partial charge < -0.3 is 4.74 Å². The van der Waals surface area contributed by atoms with Crippen molar-refractivity contribution in [2.75, 3.05) is 0 Å². The zero-order valence-corrected chi connectivity index (χ0v) is 10.4. The monoisotopic (exact) mass is 291 g/mol. The van der Waals surface area contributed by atoms with E-state index in [1.165, 1.54) is 19.1 Å². The molecule has 4 nitrogen and oxygen atoms in total. The number of benzene rings is 1. The molecule has 0 aromatic heterocycles. The number of sulfone groups is 1. The van der Waals surface area contributed by atoms with Crippen molar-refractivity contribution in [3.05, 3.63) is 40.9 Å². The molecular weight excluding hydrogens is 283 g/mol. The van der Waals surface area contributed by atoms with Gasteiger partial charge in [-0.1, -0.05) is 12.1 Å². The molecule has 1 heterocycles. The molecule has 19 heavy (non-hydrogen) atoms. The average Bonchev–Trinajstić information content (AvgIpc) is 2.55. The molecule has 0 bridgehead atoms. The smallest absolute Gasteiger partial charge is 0.419 e. The molecule has 102 valence electrons. The molecule has 0 radical (unpaired) electrons. The van der Waals surface area contributed by atoms with Crippen molar-refractivity contribution in [1.29, 1.82) is 0 Å². The number of alkyl halides is 3. The van der Waals surface area contributed by atoms with E-state index >= 15 is 0 Å². The third-order valence-corrected chi connectivity index (χ3v) is 4.00. The molecular formula is C11H8F3NO3S. The third-order valence-electron chi connectivity index (χ3n) is 2.40. The summed E-state index contributed by atoms with van der Waals surface area (Å²) in [6, 6.07) is 4.34. The number of para-hydroxylation sites is 1. The van der Waals surface area contributed by atoms with E-state index in [-0.39, 0.29) is 4.91 Å². The lowest BCUT2D eigenvalue weighted by atomic mass is 10.2. The molecule has 0 spiro atoms. The zero-order chi connectivity index (χ0) is 14.3. The Morgan fingerprint density at radius 2 is 1.84 bits per heavy atom. The molecule has 2 rings (SSSR count). The van der Waals surface area contributed by atoms with Gasteiger partial charge in [-0.15, -0.1) is 0 Å². The first-order chi connectivity index (χ1) is 8.73.